The minimum absolute atomic E-state index is 0.00722. The standard InChI is InChI=1S/C15H20BrNO4/c1-20-15(19)11-21-13-8-6-12(7-9-13)17-14(18)5-3-2-4-10-16/h6-9H,2-5,10-11H2,1H3,(H,17,18). The van der Waals surface area contributed by atoms with Crippen molar-refractivity contribution in [3.05, 3.63) is 24.3 Å². The van der Waals surface area contributed by atoms with E-state index in [0.717, 1.165) is 24.6 Å². The number of carbonyl (C=O) groups excluding carboxylic acids is 2. The third-order valence-electron chi connectivity index (χ3n) is 2.76. The van der Waals surface area contributed by atoms with Gasteiger partial charge in [-0.1, -0.05) is 22.4 Å². The molecule has 0 atom stereocenters. The lowest BCUT2D eigenvalue weighted by Gasteiger charge is -2.07. The van der Waals surface area contributed by atoms with Gasteiger partial charge in [-0.15, -0.1) is 0 Å². The Labute approximate surface area is 133 Å². The van der Waals surface area contributed by atoms with E-state index in [1.54, 1.807) is 24.3 Å². The molecule has 1 aromatic rings. The maximum atomic E-state index is 11.7. The van der Waals surface area contributed by atoms with Gasteiger partial charge in [0.05, 0.1) is 7.11 Å². The number of anilines is 1. The molecule has 0 fully saturated rings. The van der Waals surface area contributed by atoms with E-state index in [9.17, 15) is 9.59 Å². The van der Waals surface area contributed by atoms with Crippen LogP contribution in [0, 0.1) is 0 Å². The molecule has 0 bridgehead atoms. The SMILES string of the molecule is COC(=O)COc1ccc(NC(=O)CCCCCBr)cc1. The van der Waals surface area contributed by atoms with Crippen molar-refractivity contribution in [2.75, 3.05) is 24.4 Å². The number of esters is 1. The lowest BCUT2D eigenvalue weighted by Crippen LogP contribution is -2.13. The van der Waals surface area contributed by atoms with Gasteiger partial charge in [0.25, 0.3) is 0 Å². The number of unbranched alkanes of at least 4 members (excludes halogenated alkanes) is 2. The Morgan fingerprint density at radius 1 is 1.14 bits per heavy atom. The number of methoxy groups -OCH3 is 1. The maximum absolute atomic E-state index is 11.7. The van der Waals surface area contributed by atoms with Gasteiger partial charge in [0.1, 0.15) is 5.75 Å². The Morgan fingerprint density at radius 3 is 2.48 bits per heavy atom. The monoisotopic (exact) mass is 357 g/mol. The smallest absolute Gasteiger partial charge is 0.343 e. The van der Waals surface area contributed by atoms with Gasteiger partial charge in [0, 0.05) is 17.4 Å². The maximum Gasteiger partial charge on any atom is 0.343 e. The zero-order chi connectivity index (χ0) is 15.5. The van der Waals surface area contributed by atoms with Crippen LogP contribution in [0.1, 0.15) is 25.7 Å². The van der Waals surface area contributed by atoms with E-state index in [0.29, 0.717) is 17.9 Å². The number of ether oxygens (including phenoxy) is 2. The summed E-state index contributed by atoms with van der Waals surface area (Å²) in [6.07, 6.45) is 3.53. The molecule has 1 aromatic carbocycles. The highest BCUT2D eigenvalue weighted by Gasteiger charge is 2.04. The van der Waals surface area contributed by atoms with Gasteiger partial charge in [-0.2, -0.15) is 0 Å². The van der Waals surface area contributed by atoms with E-state index in [4.69, 9.17) is 4.74 Å². The van der Waals surface area contributed by atoms with Crippen molar-refractivity contribution >= 4 is 33.5 Å². The van der Waals surface area contributed by atoms with Crippen LogP contribution >= 0.6 is 15.9 Å². The predicted molar refractivity (Wildman–Crippen MR) is 84.8 cm³/mol. The molecule has 0 saturated heterocycles. The lowest BCUT2D eigenvalue weighted by molar-refractivity contribution is -0.142. The molecule has 1 amide bonds. The van der Waals surface area contributed by atoms with Crippen LogP contribution in [0.5, 0.6) is 5.75 Å². The summed E-state index contributed by atoms with van der Waals surface area (Å²) in [5.74, 6) is 0.124. The zero-order valence-corrected chi connectivity index (χ0v) is 13.6. The Kier molecular flexibility index (Phi) is 8.50. The highest BCUT2D eigenvalue weighted by atomic mass is 79.9. The van der Waals surface area contributed by atoms with E-state index in [-0.39, 0.29) is 12.5 Å². The largest absolute Gasteiger partial charge is 0.482 e. The molecule has 21 heavy (non-hydrogen) atoms. The minimum Gasteiger partial charge on any atom is -0.482 e. The number of benzene rings is 1. The molecule has 0 saturated carbocycles. The molecular formula is C15H20BrNO4. The molecule has 0 aliphatic rings. The third kappa shape index (κ3) is 7.70. The van der Waals surface area contributed by atoms with Gasteiger partial charge in [-0.3, -0.25) is 4.79 Å². The third-order valence-corrected chi connectivity index (χ3v) is 3.32. The lowest BCUT2D eigenvalue weighted by atomic mass is 10.2. The fourth-order valence-corrected chi connectivity index (χ4v) is 2.01. The number of nitrogens with one attached hydrogen (secondary N) is 1. The summed E-state index contributed by atoms with van der Waals surface area (Å²) >= 11 is 3.36. The van der Waals surface area contributed by atoms with Crippen molar-refractivity contribution in [3.8, 4) is 5.75 Å². The molecule has 0 heterocycles. The van der Waals surface area contributed by atoms with Crippen molar-refractivity contribution in [1.82, 2.24) is 0 Å². The van der Waals surface area contributed by atoms with Gasteiger partial charge in [0.15, 0.2) is 6.61 Å². The molecule has 0 aliphatic heterocycles. The number of hydrogen-bond acceptors (Lipinski definition) is 4. The summed E-state index contributed by atoms with van der Waals surface area (Å²) in [5, 5.41) is 3.80. The zero-order valence-electron chi connectivity index (χ0n) is 12.1. The Morgan fingerprint density at radius 2 is 1.86 bits per heavy atom. The first-order valence-electron chi connectivity index (χ1n) is 6.81. The first-order valence-corrected chi connectivity index (χ1v) is 7.93. The van der Waals surface area contributed by atoms with Crippen molar-refractivity contribution in [1.29, 1.82) is 0 Å². The Balaban J connectivity index is 2.33. The summed E-state index contributed by atoms with van der Waals surface area (Å²) in [6.45, 7) is -0.129. The average Bonchev–Trinajstić information content (AvgIpc) is 2.50. The van der Waals surface area contributed by atoms with Crippen LogP contribution in [-0.2, 0) is 14.3 Å². The van der Waals surface area contributed by atoms with Crippen molar-refractivity contribution in [3.63, 3.8) is 0 Å². The number of halogens is 1. The van der Waals surface area contributed by atoms with Crippen molar-refractivity contribution in [2.45, 2.75) is 25.7 Å². The number of alkyl halides is 1. The summed E-state index contributed by atoms with van der Waals surface area (Å²) in [5.41, 5.74) is 0.714. The van der Waals surface area contributed by atoms with E-state index in [1.807, 2.05) is 0 Å². The number of amides is 1. The number of hydrogen-bond donors (Lipinski definition) is 1. The van der Waals surface area contributed by atoms with Gasteiger partial charge in [-0.05, 0) is 37.1 Å². The Bertz CT molecular complexity index is 447. The van der Waals surface area contributed by atoms with E-state index in [1.165, 1.54) is 7.11 Å². The van der Waals surface area contributed by atoms with Crippen LogP contribution in [0.3, 0.4) is 0 Å². The minimum atomic E-state index is -0.434. The summed E-state index contributed by atoms with van der Waals surface area (Å²) < 4.78 is 9.70. The molecule has 0 aromatic heterocycles. The second kappa shape index (κ2) is 10.2. The summed E-state index contributed by atoms with van der Waals surface area (Å²) in [4.78, 5) is 22.6. The van der Waals surface area contributed by atoms with Gasteiger partial charge in [-0.25, -0.2) is 4.79 Å². The van der Waals surface area contributed by atoms with Gasteiger partial charge in [0.2, 0.25) is 5.91 Å². The average molecular weight is 358 g/mol. The van der Waals surface area contributed by atoms with Crippen molar-refractivity contribution < 1.29 is 19.1 Å². The molecule has 0 spiro atoms. The first kappa shape index (κ1) is 17.5. The molecule has 0 aliphatic carbocycles. The fourth-order valence-electron chi connectivity index (χ4n) is 1.62. The van der Waals surface area contributed by atoms with Crippen LogP contribution in [0.15, 0.2) is 24.3 Å². The molecule has 1 N–H and O–H groups in total. The highest BCUT2D eigenvalue weighted by molar-refractivity contribution is 9.09. The van der Waals surface area contributed by atoms with Gasteiger partial charge >= 0.3 is 5.97 Å². The van der Waals surface area contributed by atoms with E-state index < -0.39 is 5.97 Å². The summed E-state index contributed by atoms with van der Waals surface area (Å²) in [7, 11) is 1.31. The topological polar surface area (TPSA) is 64.6 Å². The van der Waals surface area contributed by atoms with Crippen LogP contribution in [-0.4, -0.2) is 30.9 Å². The predicted octanol–water partition coefficient (Wildman–Crippen LogP) is 3.13. The number of carbonyl (C=O) groups is 2. The highest BCUT2D eigenvalue weighted by Crippen LogP contribution is 2.16. The van der Waals surface area contributed by atoms with E-state index >= 15 is 0 Å². The molecule has 0 radical (unpaired) electrons. The second-order valence-corrected chi connectivity index (χ2v) is 5.23. The molecule has 0 unspecified atom stereocenters. The van der Waals surface area contributed by atoms with Crippen LogP contribution in [0.2, 0.25) is 0 Å². The molecule has 1 rings (SSSR count). The van der Waals surface area contributed by atoms with Crippen molar-refractivity contribution in [2.24, 2.45) is 0 Å². The van der Waals surface area contributed by atoms with Gasteiger partial charge < -0.3 is 14.8 Å². The normalized spacial score (nSPS) is 10.0. The second-order valence-electron chi connectivity index (χ2n) is 4.44. The van der Waals surface area contributed by atoms with Crippen LogP contribution in [0.25, 0.3) is 0 Å². The first-order chi connectivity index (χ1) is 10.2. The Hall–Kier alpha value is -1.56. The van der Waals surface area contributed by atoms with Crippen LogP contribution in [0.4, 0.5) is 5.69 Å². The molecular weight excluding hydrogens is 338 g/mol. The molecule has 116 valence electrons. The quantitative estimate of drug-likeness (QED) is 0.419. The fraction of sp³-hybridized carbons (Fsp3) is 0.467. The summed E-state index contributed by atoms with van der Waals surface area (Å²) in [6, 6.07) is 6.87. The number of rotatable bonds is 9. The molecule has 6 heteroatoms. The van der Waals surface area contributed by atoms with E-state index in [2.05, 4.69) is 26.0 Å². The molecule has 5 nitrogen and oxygen atoms in total. The van der Waals surface area contributed by atoms with Crippen LogP contribution < -0.4 is 10.1 Å².